The predicted octanol–water partition coefficient (Wildman–Crippen LogP) is 1.22. The van der Waals surface area contributed by atoms with Gasteiger partial charge in [-0.2, -0.15) is 4.73 Å². The minimum Gasteiger partial charge on any atom is -0.465 e. The molecule has 0 unspecified atom stereocenters. The number of rotatable bonds is 2. The van der Waals surface area contributed by atoms with Crippen molar-refractivity contribution < 1.29 is 14.4 Å². The van der Waals surface area contributed by atoms with Crippen molar-refractivity contribution in [1.29, 1.82) is 0 Å². The summed E-state index contributed by atoms with van der Waals surface area (Å²) in [7, 11) is 2.71. The molecule has 0 atom stereocenters. The lowest BCUT2D eigenvalue weighted by atomic mass is 10.2. The highest BCUT2D eigenvalue weighted by Crippen LogP contribution is 2.22. The average Bonchev–Trinajstić information content (AvgIpc) is 2.71. The van der Waals surface area contributed by atoms with Crippen LogP contribution in [0, 0.1) is 6.92 Å². The number of pyridine rings is 1. The zero-order valence-electron chi connectivity index (χ0n) is 9.64. The summed E-state index contributed by atoms with van der Waals surface area (Å²) in [4.78, 5) is 30.3. The van der Waals surface area contributed by atoms with E-state index in [0.717, 1.165) is 4.88 Å². The summed E-state index contributed by atoms with van der Waals surface area (Å²) in [6.45, 7) is 1.89. The van der Waals surface area contributed by atoms with Gasteiger partial charge >= 0.3 is 5.97 Å². The molecule has 17 heavy (non-hydrogen) atoms. The minimum atomic E-state index is -0.661. The van der Waals surface area contributed by atoms with Gasteiger partial charge in [0.15, 0.2) is 0 Å². The molecule has 0 radical (unpaired) electrons. The summed E-state index contributed by atoms with van der Waals surface area (Å²) >= 11 is 1.43. The number of carbonyl (C=O) groups is 1. The van der Waals surface area contributed by atoms with E-state index in [2.05, 4.69) is 4.74 Å². The van der Waals surface area contributed by atoms with Gasteiger partial charge in [-0.3, -0.25) is 4.79 Å². The molecule has 0 amide bonds. The van der Waals surface area contributed by atoms with Crippen molar-refractivity contribution in [2.75, 3.05) is 14.2 Å². The molecule has 2 aromatic heterocycles. The van der Waals surface area contributed by atoms with Gasteiger partial charge in [0.1, 0.15) is 17.5 Å². The second kappa shape index (κ2) is 4.21. The van der Waals surface area contributed by atoms with Crippen LogP contribution >= 0.6 is 11.3 Å². The third kappa shape index (κ3) is 1.80. The number of esters is 1. The standard InChI is InChI=1S/C11H11NO4S/c1-6-4-7-9(13)8(11(14)15-2)5-12(16-3)10(7)17-6/h4-5H,1-3H3. The van der Waals surface area contributed by atoms with E-state index in [-0.39, 0.29) is 11.0 Å². The number of hydrogen-bond donors (Lipinski definition) is 0. The van der Waals surface area contributed by atoms with Crippen LogP contribution in [0.1, 0.15) is 15.2 Å². The lowest BCUT2D eigenvalue weighted by Gasteiger charge is -2.07. The molecule has 2 heterocycles. The fraction of sp³-hybridized carbons (Fsp3) is 0.273. The molecule has 0 aliphatic carbocycles. The lowest BCUT2D eigenvalue weighted by Crippen LogP contribution is -2.21. The molecular weight excluding hydrogens is 242 g/mol. The SMILES string of the molecule is COC(=O)c1cn(OC)c2sc(C)cc2c1=O. The molecule has 0 aromatic carbocycles. The number of aryl methyl sites for hydroxylation is 1. The molecule has 5 nitrogen and oxygen atoms in total. The first-order chi connectivity index (χ1) is 8.08. The molecule has 0 saturated heterocycles. The van der Waals surface area contributed by atoms with E-state index >= 15 is 0 Å². The van der Waals surface area contributed by atoms with Crippen LogP contribution < -0.4 is 10.3 Å². The van der Waals surface area contributed by atoms with Crippen LogP contribution in [-0.2, 0) is 4.74 Å². The van der Waals surface area contributed by atoms with Crippen molar-refractivity contribution >= 4 is 27.5 Å². The van der Waals surface area contributed by atoms with Crippen molar-refractivity contribution in [3.05, 3.63) is 32.9 Å². The van der Waals surface area contributed by atoms with E-state index in [1.165, 1.54) is 36.5 Å². The Morgan fingerprint density at radius 1 is 1.41 bits per heavy atom. The topological polar surface area (TPSA) is 57.5 Å². The van der Waals surface area contributed by atoms with Gasteiger partial charge in [-0.25, -0.2) is 4.79 Å². The van der Waals surface area contributed by atoms with Gasteiger partial charge < -0.3 is 9.57 Å². The normalized spacial score (nSPS) is 10.5. The second-order valence-electron chi connectivity index (χ2n) is 3.45. The van der Waals surface area contributed by atoms with E-state index in [4.69, 9.17) is 4.84 Å². The lowest BCUT2D eigenvalue weighted by molar-refractivity contribution is 0.0595. The number of fused-ring (bicyclic) bond motifs is 1. The molecule has 2 rings (SSSR count). The number of hydrogen-bond acceptors (Lipinski definition) is 5. The van der Waals surface area contributed by atoms with Crippen LogP contribution in [0.3, 0.4) is 0 Å². The predicted molar refractivity (Wildman–Crippen MR) is 64.7 cm³/mol. The molecule has 0 aliphatic rings. The maximum atomic E-state index is 12.0. The largest absolute Gasteiger partial charge is 0.465 e. The van der Waals surface area contributed by atoms with Crippen LogP contribution in [0.4, 0.5) is 0 Å². The number of ether oxygens (including phenoxy) is 1. The maximum Gasteiger partial charge on any atom is 0.343 e. The van der Waals surface area contributed by atoms with Crippen LogP contribution in [0.5, 0.6) is 0 Å². The first kappa shape index (κ1) is 11.7. The molecule has 0 spiro atoms. The van der Waals surface area contributed by atoms with Crippen LogP contribution in [-0.4, -0.2) is 24.9 Å². The quantitative estimate of drug-likeness (QED) is 0.755. The second-order valence-corrected chi connectivity index (χ2v) is 4.68. The molecule has 0 N–H and O–H groups in total. The van der Waals surface area contributed by atoms with Crippen molar-refractivity contribution in [2.45, 2.75) is 6.92 Å². The number of nitrogens with zero attached hydrogens (tertiary/aromatic N) is 1. The number of thiophene rings is 1. The summed E-state index contributed by atoms with van der Waals surface area (Å²) in [6.07, 6.45) is 1.35. The molecule has 2 aromatic rings. The van der Waals surface area contributed by atoms with Gasteiger partial charge in [0.2, 0.25) is 5.43 Å². The number of methoxy groups -OCH3 is 1. The maximum absolute atomic E-state index is 12.0. The first-order valence-corrected chi connectivity index (χ1v) is 5.68. The van der Waals surface area contributed by atoms with Gasteiger partial charge in [0.25, 0.3) is 0 Å². The van der Waals surface area contributed by atoms with Crippen LogP contribution in [0.2, 0.25) is 0 Å². The van der Waals surface area contributed by atoms with Gasteiger partial charge in [-0.05, 0) is 13.0 Å². The Hall–Kier alpha value is -1.82. The molecule has 0 aliphatic heterocycles. The van der Waals surface area contributed by atoms with Crippen molar-refractivity contribution in [1.82, 2.24) is 4.73 Å². The third-order valence-electron chi connectivity index (χ3n) is 2.37. The molecule has 90 valence electrons. The number of aromatic nitrogens is 1. The zero-order valence-corrected chi connectivity index (χ0v) is 10.5. The Morgan fingerprint density at radius 3 is 2.71 bits per heavy atom. The Kier molecular flexibility index (Phi) is 2.89. The number of carbonyl (C=O) groups excluding carboxylic acids is 1. The Labute approximate surface area is 101 Å². The summed E-state index contributed by atoms with van der Waals surface area (Å²) in [5.74, 6) is -0.661. The monoisotopic (exact) mass is 253 g/mol. The highest BCUT2D eigenvalue weighted by atomic mass is 32.1. The Morgan fingerprint density at radius 2 is 2.12 bits per heavy atom. The smallest absolute Gasteiger partial charge is 0.343 e. The summed E-state index contributed by atoms with van der Waals surface area (Å²) < 4.78 is 5.97. The van der Waals surface area contributed by atoms with Crippen molar-refractivity contribution in [3.63, 3.8) is 0 Å². The van der Waals surface area contributed by atoms with Gasteiger partial charge in [-0.15, -0.1) is 11.3 Å². The highest BCUT2D eigenvalue weighted by molar-refractivity contribution is 7.18. The minimum absolute atomic E-state index is 0.0281. The van der Waals surface area contributed by atoms with E-state index in [9.17, 15) is 9.59 Å². The average molecular weight is 253 g/mol. The summed E-state index contributed by atoms with van der Waals surface area (Å²) in [5.41, 5.74) is -0.357. The summed E-state index contributed by atoms with van der Waals surface area (Å²) in [5, 5.41) is 0.470. The van der Waals surface area contributed by atoms with E-state index in [1.54, 1.807) is 6.07 Å². The molecule has 0 fully saturated rings. The highest BCUT2D eigenvalue weighted by Gasteiger charge is 2.17. The van der Waals surface area contributed by atoms with Gasteiger partial charge in [0.05, 0.1) is 18.7 Å². The molecular formula is C11H11NO4S. The van der Waals surface area contributed by atoms with Gasteiger partial charge in [-0.1, -0.05) is 0 Å². The van der Waals surface area contributed by atoms with E-state index in [1.807, 2.05) is 6.92 Å². The van der Waals surface area contributed by atoms with E-state index < -0.39 is 5.97 Å². The molecule has 0 saturated carbocycles. The van der Waals surface area contributed by atoms with Crippen LogP contribution in [0.15, 0.2) is 17.1 Å². The van der Waals surface area contributed by atoms with Gasteiger partial charge in [0, 0.05) is 4.88 Å². The van der Waals surface area contributed by atoms with Crippen LogP contribution in [0.25, 0.3) is 10.2 Å². The summed E-state index contributed by atoms with van der Waals surface area (Å²) in [6, 6.07) is 1.74. The van der Waals surface area contributed by atoms with Crippen molar-refractivity contribution in [2.24, 2.45) is 0 Å². The van der Waals surface area contributed by atoms with E-state index in [0.29, 0.717) is 10.2 Å². The Bertz CT molecular complexity index is 641. The fourth-order valence-electron chi connectivity index (χ4n) is 1.60. The zero-order chi connectivity index (χ0) is 12.6. The third-order valence-corrected chi connectivity index (χ3v) is 3.41. The first-order valence-electron chi connectivity index (χ1n) is 4.87. The fourth-order valence-corrected chi connectivity index (χ4v) is 2.56. The molecule has 6 heteroatoms. The van der Waals surface area contributed by atoms with Crippen molar-refractivity contribution in [3.8, 4) is 0 Å². The Balaban J connectivity index is 2.84. The molecule has 0 bridgehead atoms.